The zero-order chi connectivity index (χ0) is 22.3. The summed E-state index contributed by atoms with van der Waals surface area (Å²) in [6.45, 7) is 20.0. The summed E-state index contributed by atoms with van der Waals surface area (Å²) in [6, 6.07) is 12.9. The monoisotopic (exact) mass is 474 g/mol. The van der Waals surface area contributed by atoms with Gasteiger partial charge in [-0.15, -0.1) is 0 Å². The van der Waals surface area contributed by atoms with E-state index in [1.807, 2.05) is 12.4 Å². The van der Waals surface area contributed by atoms with Gasteiger partial charge in [0.05, 0.1) is 22.8 Å². The average Bonchev–Trinajstić information content (AvgIpc) is 2.66. The Hall–Kier alpha value is -2.06. The van der Waals surface area contributed by atoms with Crippen LogP contribution >= 0.6 is 0 Å². The fourth-order valence-electron chi connectivity index (χ4n) is 3.30. The average molecular weight is 475 g/mol. The molecule has 3 rings (SSSR count). The first kappa shape index (κ1) is 28.0. The van der Waals surface area contributed by atoms with Crippen LogP contribution < -0.4 is 0 Å². The molecular weight excluding hydrogens is 437 g/mol. The second kappa shape index (κ2) is 9.83. The van der Waals surface area contributed by atoms with E-state index in [9.17, 15) is 0 Å². The molecule has 0 atom stereocenters. The Balaban J connectivity index is 0.00000256. The predicted octanol–water partition coefficient (Wildman–Crippen LogP) is 7.55. The summed E-state index contributed by atoms with van der Waals surface area (Å²) in [5.74, 6) is 0. The number of aromatic nitrogens is 3. The SMILES string of the molecule is CC(C)(C)c1ccnc(-c2cc(C(C)(C)C)cc(-c3cc(C(C)(C)C)ccn3)n2)c1.[CH3-].[Ni]. The summed E-state index contributed by atoms with van der Waals surface area (Å²) in [5, 5.41) is 0. The number of hydrogen-bond acceptors (Lipinski definition) is 3. The molecule has 0 N–H and O–H groups in total. The molecule has 3 nitrogen and oxygen atoms in total. The normalized spacial score (nSPS) is 12.0. The zero-order valence-corrected chi connectivity index (χ0v) is 22.3. The van der Waals surface area contributed by atoms with Gasteiger partial charge in [0.15, 0.2) is 0 Å². The predicted molar refractivity (Wildman–Crippen MR) is 133 cm³/mol. The van der Waals surface area contributed by atoms with Crippen LogP contribution in [0.4, 0.5) is 0 Å². The topological polar surface area (TPSA) is 38.7 Å². The van der Waals surface area contributed by atoms with Crippen LogP contribution in [0.2, 0.25) is 0 Å². The smallest absolute Gasteiger partial charge is 0.0897 e. The maximum absolute atomic E-state index is 5.01. The van der Waals surface area contributed by atoms with Gasteiger partial charge in [0.25, 0.3) is 0 Å². The molecule has 0 saturated heterocycles. The maximum Gasteiger partial charge on any atom is 0.0897 e. The molecule has 0 aromatic carbocycles. The molecule has 0 bridgehead atoms. The molecule has 0 amide bonds. The van der Waals surface area contributed by atoms with Crippen LogP contribution in [0.25, 0.3) is 22.8 Å². The Kier molecular flexibility index (Phi) is 8.60. The maximum atomic E-state index is 5.01. The van der Waals surface area contributed by atoms with Crippen LogP contribution in [0, 0.1) is 7.43 Å². The summed E-state index contributed by atoms with van der Waals surface area (Å²) >= 11 is 0. The summed E-state index contributed by atoms with van der Waals surface area (Å²) in [6.07, 6.45) is 3.78. The first-order valence-corrected chi connectivity index (χ1v) is 10.7. The first-order chi connectivity index (χ1) is 13.7. The molecular formula is C28H38N3Ni-. The van der Waals surface area contributed by atoms with Gasteiger partial charge in [-0.3, -0.25) is 9.97 Å². The second-order valence-corrected chi connectivity index (χ2v) is 11.2. The summed E-state index contributed by atoms with van der Waals surface area (Å²) in [7, 11) is 0. The minimum absolute atomic E-state index is 0. The molecule has 3 aromatic rings. The van der Waals surface area contributed by atoms with Crippen molar-refractivity contribution < 1.29 is 16.5 Å². The van der Waals surface area contributed by atoms with Crippen molar-refractivity contribution in [1.29, 1.82) is 0 Å². The van der Waals surface area contributed by atoms with E-state index in [1.165, 1.54) is 16.7 Å². The van der Waals surface area contributed by atoms with Gasteiger partial charge in [-0.05, 0) is 69.3 Å². The minimum atomic E-state index is -0.00425. The van der Waals surface area contributed by atoms with Gasteiger partial charge < -0.3 is 7.43 Å². The fourth-order valence-corrected chi connectivity index (χ4v) is 3.30. The summed E-state index contributed by atoms with van der Waals surface area (Å²) < 4.78 is 0. The Morgan fingerprint density at radius 3 is 1.12 bits per heavy atom. The Morgan fingerprint density at radius 2 is 0.812 bits per heavy atom. The molecule has 0 unspecified atom stereocenters. The van der Waals surface area contributed by atoms with Crippen molar-refractivity contribution in [3.63, 3.8) is 0 Å². The molecule has 0 aliphatic heterocycles. The van der Waals surface area contributed by atoms with Gasteiger partial charge in [-0.1, -0.05) is 62.3 Å². The van der Waals surface area contributed by atoms with Crippen molar-refractivity contribution in [3.05, 3.63) is 72.9 Å². The second-order valence-electron chi connectivity index (χ2n) is 11.2. The van der Waals surface area contributed by atoms with Crippen LogP contribution in [0.1, 0.15) is 79.0 Å². The Morgan fingerprint density at radius 1 is 0.500 bits per heavy atom. The van der Waals surface area contributed by atoms with E-state index in [0.717, 1.165) is 22.8 Å². The van der Waals surface area contributed by atoms with Crippen LogP contribution in [-0.2, 0) is 32.7 Å². The molecule has 0 aliphatic carbocycles. The van der Waals surface area contributed by atoms with Gasteiger partial charge in [-0.25, -0.2) is 4.98 Å². The Labute approximate surface area is 205 Å². The minimum Gasteiger partial charge on any atom is -0.358 e. The van der Waals surface area contributed by atoms with Gasteiger partial charge in [0.1, 0.15) is 0 Å². The molecule has 0 radical (unpaired) electrons. The van der Waals surface area contributed by atoms with E-state index in [2.05, 4.69) is 109 Å². The number of pyridine rings is 3. The molecule has 3 aromatic heterocycles. The third kappa shape index (κ3) is 6.48. The first-order valence-electron chi connectivity index (χ1n) is 10.7. The molecule has 3 heterocycles. The molecule has 0 aliphatic rings. The van der Waals surface area contributed by atoms with Gasteiger partial charge in [0, 0.05) is 28.9 Å². The standard InChI is InChI=1S/C27H35N3.CH3.Ni/c1-25(2,3)18-10-12-28-21(14-18)23-16-20(27(7,8)9)17-24(30-23)22-15-19(11-13-29-22)26(4,5)6;;/h10-17H,1-9H3;1H3;/q;-1;. The fraction of sp³-hybridized carbons (Fsp3) is 0.429. The summed E-state index contributed by atoms with van der Waals surface area (Å²) in [4.78, 5) is 14.3. The third-order valence-corrected chi connectivity index (χ3v) is 5.47. The Bertz CT molecular complexity index is 975. The van der Waals surface area contributed by atoms with E-state index < -0.39 is 0 Å². The molecule has 0 spiro atoms. The van der Waals surface area contributed by atoms with Gasteiger partial charge in [-0.2, -0.15) is 0 Å². The van der Waals surface area contributed by atoms with Crippen molar-refractivity contribution in [1.82, 2.24) is 15.0 Å². The van der Waals surface area contributed by atoms with Crippen LogP contribution in [-0.4, -0.2) is 15.0 Å². The van der Waals surface area contributed by atoms with Crippen molar-refractivity contribution in [2.45, 2.75) is 78.6 Å². The largest absolute Gasteiger partial charge is 0.358 e. The molecule has 4 heteroatoms. The number of hydrogen-bond donors (Lipinski definition) is 0. The van der Waals surface area contributed by atoms with Crippen LogP contribution in [0.15, 0.2) is 48.8 Å². The third-order valence-electron chi connectivity index (χ3n) is 5.47. The van der Waals surface area contributed by atoms with E-state index in [4.69, 9.17) is 4.98 Å². The zero-order valence-electron chi connectivity index (χ0n) is 21.3. The van der Waals surface area contributed by atoms with E-state index in [-0.39, 0.29) is 40.2 Å². The number of rotatable bonds is 2. The van der Waals surface area contributed by atoms with Crippen molar-refractivity contribution in [2.75, 3.05) is 0 Å². The quantitative estimate of drug-likeness (QED) is 0.284. The van der Waals surface area contributed by atoms with Crippen molar-refractivity contribution >= 4 is 0 Å². The number of nitrogens with zero attached hydrogens (tertiary/aromatic N) is 3. The summed E-state index contributed by atoms with van der Waals surface area (Å²) in [5.41, 5.74) is 7.45. The molecule has 0 saturated carbocycles. The van der Waals surface area contributed by atoms with Crippen molar-refractivity contribution in [3.8, 4) is 22.8 Å². The van der Waals surface area contributed by atoms with Crippen LogP contribution in [0.5, 0.6) is 0 Å². The van der Waals surface area contributed by atoms with E-state index in [1.54, 1.807) is 0 Å². The van der Waals surface area contributed by atoms with E-state index >= 15 is 0 Å². The van der Waals surface area contributed by atoms with Crippen molar-refractivity contribution in [2.24, 2.45) is 0 Å². The molecule has 0 fully saturated rings. The van der Waals surface area contributed by atoms with Crippen LogP contribution in [0.3, 0.4) is 0 Å². The molecule has 32 heavy (non-hydrogen) atoms. The van der Waals surface area contributed by atoms with E-state index in [0.29, 0.717) is 0 Å². The van der Waals surface area contributed by atoms with Gasteiger partial charge in [0.2, 0.25) is 0 Å². The van der Waals surface area contributed by atoms with Gasteiger partial charge >= 0.3 is 0 Å². The molecule has 176 valence electrons.